The summed E-state index contributed by atoms with van der Waals surface area (Å²) < 4.78 is 7.65. The number of aromatic nitrogens is 3. The molecule has 2 aromatic heterocycles. The third kappa shape index (κ3) is 7.23. The molecule has 0 unspecified atom stereocenters. The van der Waals surface area contributed by atoms with Crippen LogP contribution in [0.1, 0.15) is 23.9 Å². The van der Waals surface area contributed by atoms with Gasteiger partial charge in [0.15, 0.2) is 11.8 Å². The predicted molar refractivity (Wildman–Crippen MR) is 136 cm³/mol. The van der Waals surface area contributed by atoms with E-state index in [-0.39, 0.29) is 24.0 Å². The summed E-state index contributed by atoms with van der Waals surface area (Å²) in [5.74, 6) is 2.54. The Bertz CT molecular complexity index is 956. The molecule has 0 saturated carbocycles. The first kappa shape index (κ1) is 24.6. The van der Waals surface area contributed by atoms with Gasteiger partial charge in [0.1, 0.15) is 12.4 Å². The van der Waals surface area contributed by atoms with Crippen LogP contribution in [0.5, 0.6) is 5.75 Å². The number of rotatable bonds is 8. The van der Waals surface area contributed by atoms with Crippen molar-refractivity contribution in [3.8, 4) is 11.6 Å². The zero-order chi connectivity index (χ0) is 21.3. The van der Waals surface area contributed by atoms with E-state index in [1.54, 1.807) is 0 Å². The molecular formula is C23H31IN6O. The summed E-state index contributed by atoms with van der Waals surface area (Å²) >= 11 is 0. The topological polar surface area (TPSA) is 67.6 Å². The first-order valence-corrected chi connectivity index (χ1v) is 10.2. The maximum Gasteiger partial charge on any atom is 0.194 e. The Morgan fingerprint density at radius 1 is 1.16 bits per heavy atom. The average Bonchev–Trinajstić information content (AvgIpc) is 3.10. The first-order chi connectivity index (χ1) is 14.6. The molecular weight excluding hydrogens is 503 g/mol. The molecule has 1 aromatic carbocycles. The van der Waals surface area contributed by atoms with E-state index in [0.29, 0.717) is 13.2 Å². The Hall–Kier alpha value is -2.62. The summed E-state index contributed by atoms with van der Waals surface area (Å²) in [5.41, 5.74) is 3.10. The van der Waals surface area contributed by atoms with E-state index in [1.165, 1.54) is 0 Å². The lowest BCUT2D eigenvalue weighted by Gasteiger charge is -2.22. The van der Waals surface area contributed by atoms with Crippen LogP contribution >= 0.6 is 24.0 Å². The molecule has 0 aliphatic rings. The van der Waals surface area contributed by atoms with Crippen molar-refractivity contribution >= 4 is 29.9 Å². The van der Waals surface area contributed by atoms with Gasteiger partial charge in [0.2, 0.25) is 0 Å². The minimum absolute atomic E-state index is 0. The average molecular weight is 534 g/mol. The van der Waals surface area contributed by atoms with Gasteiger partial charge >= 0.3 is 0 Å². The summed E-state index contributed by atoms with van der Waals surface area (Å²) in [6.45, 7) is 8.75. The Balaban J connectivity index is 0.00000341. The molecule has 31 heavy (non-hydrogen) atoms. The highest BCUT2D eigenvalue weighted by Crippen LogP contribution is 2.11. The van der Waals surface area contributed by atoms with Crippen LogP contribution in [0.15, 0.2) is 59.7 Å². The largest absolute Gasteiger partial charge is 0.492 e. The van der Waals surface area contributed by atoms with Gasteiger partial charge in [-0.3, -0.25) is 0 Å². The van der Waals surface area contributed by atoms with Crippen LogP contribution in [0.2, 0.25) is 0 Å². The molecule has 2 heterocycles. The SMILES string of the molecule is CCNC(=NCc1ccc(-n2nc(C)cc2C)nc1)N(C)CCOc1ccccc1.I. The van der Waals surface area contributed by atoms with Gasteiger partial charge in [-0.05, 0) is 50.6 Å². The maximum atomic E-state index is 5.79. The van der Waals surface area contributed by atoms with Gasteiger partial charge < -0.3 is 15.0 Å². The lowest BCUT2D eigenvalue weighted by molar-refractivity contribution is 0.281. The lowest BCUT2D eigenvalue weighted by Crippen LogP contribution is -2.40. The molecule has 1 N–H and O–H groups in total. The van der Waals surface area contributed by atoms with E-state index < -0.39 is 0 Å². The number of hydrogen-bond acceptors (Lipinski definition) is 4. The normalized spacial score (nSPS) is 11.0. The lowest BCUT2D eigenvalue weighted by atomic mass is 10.3. The van der Waals surface area contributed by atoms with Crippen molar-refractivity contribution in [2.45, 2.75) is 27.3 Å². The number of nitrogens with one attached hydrogen (secondary N) is 1. The fourth-order valence-corrected chi connectivity index (χ4v) is 3.06. The number of likely N-dealkylation sites (N-methyl/N-ethyl adjacent to an activating group) is 1. The number of nitrogens with zero attached hydrogens (tertiary/aromatic N) is 5. The van der Waals surface area contributed by atoms with E-state index in [1.807, 2.05) is 80.3 Å². The Labute approximate surface area is 201 Å². The van der Waals surface area contributed by atoms with Crippen LogP contribution in [-0.2, 0) is 6.54 Å². The number of ether oxygens (including phenoxy) is 1. The number of aliphatic imine (C=N–C) groups is 1. The van der Waals surface area contributed by atoms with E-state index in [9.17, 15) is 0 Å². The minimum atomic E-state index is 0. The second kappa shape index (κ2) is 12.3. The number of benzene rings is 1. The molecule has 3 aromatic rings. The molecule has 0 saturated heterocycles. The van der Waals surface area contributed by atoms with E-state index in [2.05, 4.69) is 27.2 Å². The van der Waals surface area contributed by atoms with Gasteiger partial charge in [0.25, 0.3) is 0 Å². The second-order valence-electron chi connectivity index (χ2n) is 7.12. The van der Waals surface area contributed by atoms with Crippen molar-refractivity contribution in [1.82, 2.24) is 25.0 Å². The molecule has 166 valence electrons. The number of para-hydroxylation sites is 1. The highest BCUT2D eigenvalue weighted by atomic mass is 127. The zero-order valence-electron chi connectivity index (χ0n) is 18.6. The molecule has 0 aliphatic carbocycles. The predicted octanol–water partition coefficient (Wildman–Crippen LogP) is 3.98. The highest BCUT2D eigenvalue weighted by Gasteiger charge is 2.07. The Kier molecular flexibility index (Phi) is 9.77. The monoisotopic (exact) mass is 534 g/mol. The molecule has 0 radical (unpaired) electrons. The maximum absolute atomic E-state index is 5.79. The Morgan fingerprint density at radius 2 is 1.94 bits per heavy atom. The van der Waals surface area contributed by atoms with E-state index in [0.717, 1.165) is 47.6 Å². The van der Waals surface area contributed by atoms with Crippen molar-refractivity contribution in [2.75, 3.05) is 26.7 Å². The van der Waals surface area contributed by atoms with Gasteiger partial charge in [0, 0.05) is 25.5 Å². The molecule has 0 bridgehead atoms. The highest BCUT2D eigenvalue weighted by molar-refractivity contribution is 14.0. The Morgan fingerprint density at radius 3 is 2.55 bits per heavy atom. The number of hydrogen-bond donors (Lipinski definition) is 1. The second-order valence-corrected chi connectivity index (χ2v) is 7.12. The minimum Gasteiger partial charge on any atom is -0.492 e. The molecule has 0 spiro atoms. The third-order valence-corrected chi connectivity index (χ3v) is 4.58. The number of guanidine groups is 1. The van der Waals surface area contributed by atoms with E-state index in [4.69, 9.17) is 9.73 Å². The van der Waals surface area contributed by atoms with Crippen molar-refractivity contribution < 1.29 is 4.74 Å². The van der Waals surface area contributed by atoms with Crippen LogP contribution in [0.3, 0.4) is 0 Å². The molecule has 0 aliphatic heterocycles. The molecule has 0 amide bonds. The number of halogens is 1. The zero-order valence-corrected chi connectivity index (χ0v) is 20.9. The van der Waals surface area contributed by atoms with Crippen molar-refractivity contribution in [3.63, 3.8) is 0 Å². The molecule has 0 atom stereocenters. The van der Waals surface area contributed by atoms with Crippen LogP contribution in [0, 0.1) is 13.8 Å². The van der Waals surface area contributed by atoms with Gasteiger partial charge in [-0.1, -0.05) is 24.3 Å². The summed E-state index contributed by atoms with van der Waals surface area (Å²) in [6, 6.07) is 15.9. The fraction of sp³-hybridized carbons (Fsp3) is 0.348. The molecule has 3 rings (SSSR count). The molecule has 7 nitrogen and oxygen atoms in total. The standard InChI is InChI=1S/C23H30N6O.HI/c1-5-24-23(28(4)13-14-30-21-9-7-6-8-10-21)26-17-20-11-12-22(25-16-20)29-19(3)15-18(2)27-29;/h6-12,15-16H,5,13-14,17H2,1-4H3,(H,24,26);1H. The first-order valence-electron chi connectivity index (χ1n) is 10.2. The van der Waals surface area contributed by atoms with Crippen LogP contribution in [0.4, 0.5) is 0 Å². The number of aryl methyl sites for hydroxylation is 2. The van der Waals surface area contributed by atoms with Gasteiger partial charge in [0.05, 0.1) is 18.8 Å². The fourth-order valence-electron chi connectivity index (χ4n) is 3.06. The van der Waals surface area contributed by atoms with Crippen LogP contribution in [0.25, 0.3) is 5.82 Å². The summed E-state index contributed by atoms with van der Waals surface area (Å²) in [5, 5.41) is 7.81. The smallest absolute Gasteiger partial charge is 0.194 e. The van der Waals surface area contributed by atoms with Gasteiger partial charge in [-0.2, -0.15) is 5.10 Å². The van der Waals surface area contributed by atoms with Crippen molar-refractivity contribution in [3.05, 3.63) is 71.7 Å². The summed E-state index contributed by atoms with van der Waals surface area (Å²) in [7, 11) is 2.01. The summed E-state index contributed by atoms with van der Waals surface area (Å²) in [6.07, 6.45) is 1.86. The van der Waals surface area contributed by atoms with E-state index >= 15 is 0 Å². The van der Waals surface area contributed by atoms with Crippen LogP contribution < -0.4 is 10.1 Å². The van der Waals surface area contributed by atoms with Gasteiger partial charge in [-0.15, -0.1) is 24.0 Å². The van der Waals surface area contributed by atoms with Crippen molar-refractivity contribution in [2.24, 2.45) is 4.99 Å². The number of pyridine rings is 1. The van der Waals surface area contributed by atoms with Crippen LogP contribution in [-0.4, -0.2) is 52.4 Å². The van der Waals surface area contributed by atoms with Gasteiger partial charge in [-0.25, -0.2) is 14.7 Å². The quantitative estimate of drug-likeness (QED) is 0.269. The third-order valence-electron chi connectivity index (χ3n) is 4.58. The summed E-state index contributed by atoms with van der Waals surface area (Å²) in [4.78, 5) is 11.4. The molecule has 8 heteroatoms. The van der Waals surface area contributed by atoms with Crippen molar-refractivity contribution in [1.29, 1.82) is 0 Å². The molecule has 0 fully saturated rings.